The summed E-state index contributed by atoms with van der Waals surface area (Å²) in [6.07, 6.45) is 0. The molecule has 0 saturated heterocycles. The van der Waals surface area contributed by atoms with Crippen molar-refractivity contribution < 1.29 is 0 Å². The highest BCUT2D eigenvalue weighted by Gasteiger charge is 2.12. The summed E-state index contributed by atoms with van der Waals surface area (Å²) in [5, 5.41) is 4.81. The molecule has 0 bridgehead atoms. The van der Waals surface area contributed by atoms with E-state index in [0.717, 1.165) is 17.0 Å². The number of aryl methyl sites for hydroxylation is 1. The van der Waals surface area contributed by atoms with Gasteiger partial charge < -0.3 is 5.73 Å². The Morgan fingerprint density at radius 1 is 1.25 bits per heavy atom. The lowest BCUT2D eigenvalue weighted by Crippen LogP contribution is -2.06. The highest BCUT2D eigenvalue weighted by Crippen LogP contribution is 2.21. The molecule has 0 fully saturated rings. The van der Waals surface area contributed by atoms with Crippen LogP contribution in [-0.4, -0.2) is 14.8 Å². The minimum atomic E-state index is 0.411. The Bertz CT molecular complexity index is 545. The minimum absolute atomic E-state index is 0.411. The highest BCUT2D eigenvalue weighted by atomic mass is 35.5. The Balaban J connectivity index is 2.67. The van der Waals surface area contributed by atoms with E-state index in [1.807, 2.05) is 20.8 Å². The zero-order valence-electron chi connectivity index (χ0n) is 9.45. The number of anilines is 1. The number of pyridine rings is 1. The fraction of sp³-hybridized carbons (Fsp3) is 0.273. The fourth-order valence-corrected chi connectivity index (χ4v) is 1.68. The summed E-state index contributed by atoms with van der Waals surface area (Å²) in [6.45, 7) is 5.96. The lowest BCUT2D eigenvalue weighted by atomic mass is 10.2. The molecule has 0 aliphatic heterocycles. The Morgan fingerprint density at radius 2 is 1.94 bits per heavy atom. The Morgan fingerprint density at radius 3 is 2.50 bits per heavy atom. The molecule has 2 rings (SSSR count). The zero-order chi connectivity index (χ0) is 11.9. The average molecular weight is 237 g/mol. The van der Waals surface area contributed by atoms with Crippen molar-refractivity contribution in [3.63, 3.8) is 0 Å². The molecule has 0 spiro atoms. The Kier molecular flexibility index (Phi) is 2.59. The number of rotatable bonds is 1. The molecule has 4 nitrogen and oxygen atoms in total. The Hall–Kier alpha value is -1.55. The SMILES string of the molecule is Cc1nn(-c2nc(Cl)ccc2N)c(C)c1C. The highest BCUT2D eigenvalue weighted by molar-refractivity contribution is 6.29. The third-order valence-electron chi connectivity index (χ3n) is 2.73. The van der Waals surface area contributed by atoms with Gasteiger partial charge >= 0.3 is 0 Å². The van der Waals surface area contributed by atoms with Crippen LogP contribution >= 0.6 is 11.6 Å². The van der Waals surface area contributed by atoms with Crippen molar-refractivity contribution >= 4 is 17.3 Å². The molecule has 2 aromatic heterocycles. The van der Waals surface area contributed by atoms with Crippen LogP contribution < -0.4 is 5.73 Å². The average Bonchev–Trinajstić information content (AvgIpc) is 2.50. The van der Waals surface area contributed by atoms with E-state index in [1.165, 1.54) is 0 Å². The molecule has 0 atom stereocenters. The van der Waals surface area contributed by atoms with Gasteiger partial charge in [-0.3, -0.25) is 0 Å². The maximum atomic E-state index is 5.87. The maximum absolute atomic E-state index is 5.87. The molecule has 0 amide bonds. The number of hydrogen-bond acceptors (Lipinski definition) is 3. The number of nitrogen functional groups attached to an aromatic ring is 1. The number of hydrogen-bond donors (Lipinski definition) is 1. The summed E-state index contributed by atoms with van der Waals surface area (Å²) in [6, 6.07) is 3.40. The molecule has 2 aromatic rings. The molecule has 0 aromatic carbocycles. The number of halogens is 1. The van der Waals surface area contributed by atoms with Crippen LogP contribution in [-0.2, 0) is 0 Å². The lowest BCUT2D eigenvalue weighted by molar-refractivity contribution is 0.808. The van der Waals surface area contributed by atoms with Crippen molar-refractivity contribution in [2.45, 2.75) is 20.8 Å². The van der Waals surface area contributed by atoms with Gasteiger partial charge in [0.25, 0.3) is 0 Å². The van der Waals surface area contributed by atoms with Gasteiger partial charge in [-0.05, 0) is 38.5 Å². The van der Waals surface area contributed by atoms with Crippen molar-refractivity contribution in [3.05, 3.63) is 34.2 Å². The summed E-state index contributed by atoms with van der Waals surface area (Å²) >= 11 is 5.86. The smallest absolute Gasteiger partial charge is 0.178 e. The van der Waals surface area contributed by atoms with Gasteiger partial charge in [0.05, 0.1) is 11.4 Å². The number of aromatic nitrogens is 3. The van der Waals surface area contributed by atoms with Crippen molar-refractivity contribution in [3.8, 4) is 5.82 Å². The molecule has 0 radical (unpaired) electrons. The molecule has 5 heteroatoms. The van der Waals surface area contributed by atoms with Gasteiger partial charge in [0, 0.05) is 5.69 Å². The number of nitrogens with two attached hydrogens (primary N) is 1. The molecular formula is C11H13ClN4. The van der Waals surface area contributed by atoms with Gasteiger partial charge in [0.1, 0.15) is 5.15 Å². The van der Waals surface area contributed by atoms with E-state index in [9.17, 15) is 0 Å². The van der Waals surface area contributed by atoms with E-state index in [4.69, 9.17) is 17.3 Å². The third kappa shape index (κ3) is 1.65. The van der Waals surface area contributed by atoms with Crippen LogP contribution in [0.5, 0.6) is 0 Å². The van der Waals surface area contributed by atoms with E-state index < -0.39 is 0 Å². The van der Waals surface area contributed by atoms with Gasteiger partial charge in [0.2, 0.25) is 0 Å². The molecule has 16 heavy (non-hydrogen) atoms. The predicted molar refractivity (Wildman–Crippen MR) is 65.0 cm³/mol. The van der Waals surface area contributed by atoms with Crippen molar-refractivity contribution in [2.24, 2.45) is 0 Å². The molecule has 0 unspecified atom stereocenters. The first-order valence-corrected chi connectivity index (χ1v) is 5.33. The molecule has 84 valence electrons. The molecule has 0 aliphatic rings. The van der Waals surface area contributed by atoms with Crippen molar-refractivity contribution in [1.82, 2.24) is 14.8 Å². The van der Waals surface area contributed by atoms with Gasteiger partial charge in [-0.2, -0.15) is 5.10 Å². The summed E-state index contributed by atoms with van der Waals surface area (Å²) in [4.78, 5) is 4.20. The van der Waals surface area contributed by atoms with Gasteiger partial charge in [-0.15, -0.1) is 0 Å². The maximum Gasteiger partial charge on any atom is 0.178 e. The minimum Gasteiger partial charge on any atom is -0.396 e. The molecule has 0 saturated carbocycles. The number of nitrogens with zero attached hydrogens (tertiary/aromatic N) is 3. The lowest BCUT2D eigenvalue weighted by Gasteiger charge is -2.07. The first-order chi connectivity index (χ1) is 7.50. The Labute approximate surface area is 99.1 Å². The largest absolute Gasteiger partial charge is 0.396 e. The zero-order valence-corrected chi connectivity index (χ0v) is 10.2. The molecule has 2 heterocycles. The van der Waals surface area contributed by atoms with E-state index in [2.05, 4.69) is 10.1 Å². The van der Waals surface area contributed by atoms with Crippen LogP contribution in [0.1, 0.15) is 17.0 Å². The van der Waals surface area contributed by atoms with Crippen LogP contribution in [0.4, 0.5) is 5.69 Å². The van der Waals surface area contributed by atoms with Crippen LogP contribution in [0.3, 0.4) is 0 Å². The molecule has 2 N–H and O–H groups in total. The van der Waals surface area contributed by atoms with E-state index in [-0.39, 0.29) is 0 Å². The summed E-state index contributed by atoms with van der Waals surface area (Å²) in [5.74, 6) is 0.584. The van der Waals surface area contributed by atoms with E-state index in [0.29, 0.717) is 16.7 Å². The van der Waals surface area contributed by atoms with Crippen LogP contribution in [0, 0.1) is 20.8 Å². The van der Waals surface area contributed by atoms with Gasteiger partial charge in [-0.25, -0.2) is 9.67 Å². The summed E-state index contributed by atoms with van der Waals surface area (Å²) in [5.41, 5.74) is 9.57. The second-order valence-electron chi connectivity index (χ2n) is 3.75. The van der Waals surface area contributed by atoms with E-state index in [1.54, 1.807) is 16.8 Å². The third-order valence-corrected chi connectivity index (χ3v) is 2.94. The topological polar surface area (TPSA) is 56.7 Å². The monoisotopic (exact) mass is 236 g/mol. The van der Waals surface area contributed by atoms with Crippen molar-refractivity contribution in [1.29, 1.82) is 0 Å². The first kappa shape index (κ1) is 11.0. The normalized spacial score (nSPS) is 10.8. The standard InChI is InChI=1S/C11H13ClN4/c1-6-7(2)15-16(8(6)3)11-9(13)4-5-10(12)14-11/h4-5H,13H2,1-3H3. The van der Waals surface area contributed by atoms with Gasteiger partial charge in [0.15, 0.2) is 5.82 Å². The second kappa shape index (κ2) is 3.79. The summed E-state index contributed by atoms with van der Waals surface area (Å²) in [7, 11) is 0. The second-order valence-corrected chi connectivity index (χ2v) is 4.14. The first-order valence-electron chi connectivity index (χ1n) is 4.96. The van der Waals surface area contributed by atoms with Gasteiger partial charge in [-0.1, -0.05) is 11.6 Å². The van der Waals surface area contributed by atoms with E-state index >= 15 is 0 Å². The predicted octanol–water partition coefficient (Wildman–Crippen LogP) is 2.43. The fourth-order valence-electron chi connectivity index (χ4n) is 1.53. The summed E-state index contributed by atoms with van der Waals surface area (Å²) < 4.78 is 1.73. The quantitative estimate of drug-likeness (QED) is 0.774. The van der Waals surface area contributed by atoms with Crippen LogP contribution in [0.2, 0.25) is 5.15 Å². The van der Waals surface area contributed by atoms with Crippen LogP contribution in [0.25, 0.3) is 5.82 Å². The van der Waals surface area contributed by atoms with Crippen molar-refractivity contribution in [2.75, 3.05) is 5.73 Å². The van der Waals surface area contributed by atoms with Crippen LogP contribution in [0.15, 0.2) is 12.1 Å². The molecule has 0 aliphatic carbocycles. The molecular weight excluding hydrogens is 224 g/mol.